The Labute approximate surface area is 169 Å². The van der Waals surface area contributed by atoms with Crippen molar-refractivity contribution in [1.29, 1.82) is 0 Å². The molecule has 3 rings (SSSR count). The number of ether oxygens (including phenoxy) is 2. The molecule has 0 spiro atoms. The second-order valence-electron chi connectivity index (χ2n) is 6.00. The van der Waals surface area contributed by atoms with Gasteiger partial charge in [-0.15, -0.1) is 5.10 Å². The highest BCUT2D eigenvalue weighted by Crippen LogP contribution is 2.26. The van der Waals surface area contributed by atoms with Gasteiger partial charge in [-0.3, -0.25) is 0 Å². The number of rotatable bonds is 8. The van der Waals surface area contributed by atoms with Gasteiger partial charge in [-0.1, -0.05) is 72.4 Å². The minimum Gasteiger partial charge on any atom is -0.490 e. The smallest absolute Gasteiger partial charge is 0.180 e. The van der Waals surface area contributed by atoms with E-state index in [9.17, 15) is 0 Å². The SMILES string of the molecule is COCCOc1ccc2ccccc2c1C=NN=C(N)SCc1ccccc1. The summed E-state index contributed by atoms with van der Waals surface area (Å²) >= 11 is 1.46. The monoisotopic (exact) mass is 393 g/mol. The molecule has 5 nitrogen and oxygen atoms in total. The topological polar surface area (TPSA) is 69.2 Å². The van der Waals surface area contributed by atoms with Gasteiger partial charge in [-0.25, -0.2) is 0 Å². The van der Waals surface area contributed by atoms with Crippen molar-refractivity contribution in [2.75, 3.05) is 20.3 Å². The molecule has 0 bridgehead atoms. The Morgan fingerprint density at radius 1 is 1.00 bits per heavy atom. The zero-order valence-electron chi connectivity index (χ0n) is 15.7. The molecule has 0 saturated carbocycles. The Kier molecular flexibility index (Phi) is 7.46. The summed E-state index contributed by atoms with van der Waals surface area (Å²) in [6, 6.07) is 22.2. The summed E-state index contributed by atoms with van der Waals surface area (Å²) in [4.78, 5) is 0. The average molecular weight is 394 g/mol. The fraction of sp³-hybridized carbons (Fsp3) is 0.182. The Morgan fingerprint density at radius 3 is 2.61 bits per heavy atom. The molecule has 28 heavy (non-hydrogen) atoms. The molecule has 0 saturated heterocycles. The number of thioether (sulfide) groups is 1. The molecule has 0 aliphatic rings. The third-order valence-corrected chi connectivity index (χ3v) is 4.90. The molecule has 2 N–H and O–H groups in total. The summed E-state index contributed by atoms with van der Waals surface area (Å²) in [7, 11) is 1.65. The fourth-order valence-electron chi connectivity index (χ4n) is 2.67. The summed E-state index contributed by atoms with van der Waals surface area (Å²) in [5.74, 6) is 1.50. The van der Waals surface area contributed by atoms with E-state index in [0.717, 1.165) is 27.8 Å². The highest BCUT2D eigenvalue weighted by molar-refractivity contribution is 8.13. The Hall–Kier alpha value is -2.83. The minimum absolute atomic E-state index is 0.419. The Bertz CT molecular complexity index is 958. The maximum Gasteiger partial charge on any atom is 0.180 e. The van der Waals surface area contributed by atoms with Crippen LogP contribution in [0, 0.1) is 0 Å². The van der Waals surface area contributed by atoms with E-state index >= 15 is 0 Å². The highest BCUT2D eigenvalue weighted by Gasteiger charge is 2.07. The molecule has 0 heterocycles. The van der Waals surface area contributed by atoms with Crippen LogP contribution in [0.4, 0.5) is 0 Å². The van der Waals surface area contributed by atoms with Gasteiger partial charge in [0.15, 0.2) is 5.17 Å². The number of nitrogens with two attached hydrogens (primary N) is 1. The summed E-state index contributed by atoms with van der Waals surface area (Å²) in [6.07, 6.45) is 1.69. The van der Waals surface area contributed by atoms with Gasteiger partial charge >= 0.3 is 0 Å². The van der Waals surface area contributed by atoms with Crippen LogP contribution in [0.25, 0.3) is 10.8 Å². The van der Waals surface area contributed by atoms with Gasteiger partial charge < -0.3 is 15.2 Å². The first kappa shape index (κ1) is 19.9. The molecular weight excluding hydrogens is 370 g/mol. The van der Waals surface area contributed by atoms with Crippen molar-refractivity contribution < 1.29 is 9.47 Å². The first-order valence-electron chi connectivity index (χ1n) is 8.94. The van der Waals surface area contributed by atoms with E-state index in [-0.39, 0.29) is 0 Å². The minimum atomic E-state index is 0.419. The van der Waals surface area contributed by atoms with Crippen molar-refractivity contribution in [1.82, 2.24) is 0 Å². The molecule has 0 amide bonds. The molecule has 0 radical (unpaired) electrons. The number of methoxy groups -OCH3 is 1. The number of fused-ring (bicyclic) bond motifs is 1. The largest absolute Gasteiger partial charge is 0.490 e. The van der Waals surface area contributed by atoms with Crippen molar-refractivity contribution >= 4 is 33.9 Å². The van der Waals surface area contributed by atoms with Crippen LogP contribution in [0.1, 0.15) is 11.1 Å². The highest BCUT2D eigenvalue weighted by atomic mass is 32.2. The van der Waals surface area contributed by atoms with E-state index in [2.05, 4.69) is 28.4 Å². The van der Waals surface area contributed by atoms with Crippen LogP contribution in [0.3, 0.4) is 0 Å². The van der Waals surface area contributed by atoms with E-state index in [0.29, 0.717) is 18.4 Å². The van der Waals surface area contributed by atoms with Gasteiger partial charge in [0.25, 0.3) is 0 Å². The van der Waals surface area contributed by atoms with Crippen LogP contribution in [0.15, 0.2) is 76.9 Å². The van der Waals surface area contributed by atoms with Gasteiger partial charge in [0.1, 0.15) is 12.4 Å². The molecule has 0 aliphatic carbocycles. The van der Waals surface area contributed by atoms with Crippen LogP contribution in [-0.2, 0) is 10.5 Å². The lowest BCUT2D eigenvalue weighted by Gasteiger charge is -2.11. The molecule has 0 aromatic heterocycles. The van der Waals surface area contributed by atoms with Gasteiger partial charge in [0.05, 0.1) is 12.8 Å². The van der Waals surface area contributed by atoms with E-state index in [4.69, 9.17) is 15.2 Å². The quantitative estimate of drug-likeness (QED) is 0.266. The number of hydrogen-bond acceptors (Lipinski definition) is 5. The summed E-state index contributed by atoms with van der Waals surface area (Å²) < 4.78 is 10.9. The second kappa shape index (κ2) is 10.5. The molecule has 0 unspecified atom stereocenters. The van der Waals surface area contributed by atoms with E-state index in [1.165, 1.54) is 17.3 Å². The number of amidine groups is 1. The van der Waals surface area contributed by atoms with Gasteiger partial charge in [-0.05, 0) is 22.4 Å². The van der Waals surface area contributed by atoms with Crippen LogP contribution < -0.4 is 10.5 Å². The fourth-order valence-corrected chi connectivity index (χ4v) is 3.29. The first-order valence-corrected chi connectivity index (χ1v) is 9.93. The van der Waals surface area contributed by atoms with Crippen molar-refractivity contribution in [3.63, 3.8) is 0 Å². The Morgan fingerprint density at radius 2 is 1.79 bits per heavy atom. The second-order valence-corrected chi connectivity index (χ2v) is 6.99. The lowest BCUT2D eigenvalue weighted by molar-refractivity contribution is 0.146. The van der Waals surface area contributed by atoms with Crippen LogP contribution in [0.2, 0.25) is 0 Å². The third kappa shape index (κ3) is 5.58. The zero-order chi connectivity index (χ0) is 19.6. The molecule has 0 fully saturated rings. The van der Waals surface area contributed by atoms with Crippen LogP contribution in [-0.4, -0.2) is 31.7 Å². The molecular formula is C22H23N3O2S. The number of benzene rings is 3. The normalized spacial score (nSPS) is 12.0. The van der Waals surface area contributed by atoms with Crippen molar-refractivity contribution in [3.05, 3.63) is 77.9 Å². The molecule has 6 heteroatoms. The standard InChI is InChI=1S/C22H23N3O2S/c1-26-13-14-27-21-12-11-18-9-5-6-10-19(18)20(21)15-24-25-22(23)28-16-17-7-3-2-4-8-17/h2-12,15H,13-14,16H2,1H3,(H2,23,25). The molecule has 0 aliphatic heterocycles. The summed E-state index contributed by atoms with van der Waals surface area (Å²) in [5, 5.41) is 10.9. The third-order valence-electron chi connectivity index (χ3n) is 4.05. The van der Waals surface area contributed by atoms with Gasteiger partial charge in [0.2, 0.25) is 0 Å². The summed E-state index contributed by atoms with van der Waals surface area (Å²) in [5.41, 5.74) is 8.05. The summed E-state index contributed by atoms with van der Waals surface area (Å²) in [6.45, 7) is 0.985. The van der Waals surface area contributed by atoms with Crippen LogP contribution >= 0.6 is 11.8 Å². The zero-order valence-corrected chi connectivity index (χ0v) is 16.6. The molecule has 0 atom stereocenters. The van der Waals surface area contributed by atoms with Crippen LogP contribution in [0.5, 0.6) is 5.75 Å². The molecule has 144 valence electrons. The Balaban J connectivity index is 1.76. The molecule has 3 aromatic carbocycles. The first-order chi connectivity index (χ1) is 13.8. The molecule has 3 aromatic rings. The lowest BCUT2D eigenvalue weighted by atomic mass is 10.0. The van der Waals surface area contributed by atoms with Gasteiger partial charge in [-0.2, -0.15) is 5.10 Å². The predicted molar refractivity (Wildman–Crippen MR) is 118 cm³/mol. The predicted octanol–water partition coefficient (Wildman–Crippen LogP) is 4.45. The lowest BCUT2D eigenvalue weighted by Crippen LogP contribution is -2.07. The maximum absolute atomic E-state index is 5.99. The van der Waals surface area contributed by atoms with Gasteiger partial charge in [0, 0.05) is 18.4 Å². The maximum atomic E-state index is 5.99. The number of nitrogens with zero attached hydrogens (tertiary/aromatic N) is 2. The van der Waals surface area contributed by atoms with E-state index in [1.54, 1.807) is 13.3 Å². The number of hydrogen-bond donors (Lipinski definition) is 1. The van der Waals surface area contributed by atoms with Crippen molar-refractivity contribution in [2.45, 2.75) is 5.75 Å². The van der Waals surface area contributed by atoms with E-state index in [1.807, 2.05) is 48.5 Å². The van der Waals surface area contributed by atoms with E-state index < -0.39 is 0 Å². The van der Waals surface area contributed by atoms with Crippen molar-refractivity contribution in [2.24, 2.45) is 15.9 Å². The van der Waals surface area contributed by atoms with Crippen molar-refractivity contribution in [3.8, 4) is 5.75 Å². The average Bonchev–Trinajstić information content (AvgIpc) is 2.74.